The highest BCUT2D eigenvalue weighted by Gasteiger charge is 2.19. The number of hydrogen-bond acceptors (Lipinski definition) is 3. The molecule has 32 heavy (non-hydrogen) atoms. The van der Waals surface area contributed by atoms with Gasteiger partial charge in [0.2, 0.25) is 0 Å². The van der Waals surface area contributed by atoms with Gasteiger partial charge in [0.15, 0.2) is 0 Å². The van der Waals surface area contributed by atoms with Gasteiger partial charge < -0.3 is 10.3 Å². The van der Waals surface area contributed by atoms with Crippen molar-refractivity contribution in [3.05, 3.63) is 71.7 Å². The fraction of sp³-hybridized carbons (Fsp3) is 0.231. The maximum atomic E-state index is 14.1. The maximum Gasteiger partial charge on any atom is 0.135 e. The van der Waals surface area contributed by atoms with Gasteiger partial charge in [-0.25, -0.2) is 9.37 Å². The van der Waals surface area contributed by atoms with Crippen LogP contribution in [0.2, 0.25) is 0 Å². The van der Waals surface area contributed by atoms with Crippen LogP contribution in [0.1, 0.15) is 30.0 Å². The van der Waals surface area contributed by atoms with Crippen LogP contribution in [0.5, 0.6) is 0 Å². The van der Waals surface area contributed by atoms with Crippen molar-refractivity contribution < 1.29 is 4.39 Å². The van der Waals surface area contributed by atoms with Gasteiger partial charge in [-0.15, -0.1) is 0 Å². The molecule has 0 radical (unpaired) electrons. The van der Waals surface area contributed by atoms with Crippen molar-refractivity contribution >= 4 is 21.9 Å². The minimum Gasteiger partial charge on any atom is -0.353 e. The van der Waals surface area contributed by atoms with Gasteiger partial charge in [0.1, 0.15) is 17.0 Å². The van der Waals surface area contributed by atoms with Crippen molar-refractivity contribution in [3.63, 3.8) is 0 Å². The van der Waals surface area contributed by atoms with Crippen LogP contribution in [-0.4, -0.2) is 33.3 Å². The first-order valence-electron chi connectivity index (χ1n) is 11.1. The molecule has 0 atom stereocenters. The molecule has 5 nitrogen and oxygen atoms in total. The number of hydrogen-bond donors (Lipinski definition) is 3. The Morgan fingerprint density at radius 1 is 0.969 bits per heavy atom. The third-order valence-electron chi connectivity index (χ3n) is 6.46. The average molecular weight is 426 g/mol. The quantitative estimate of drug-likeness (QED) is 0.348. The lowest BCUT2D eigenvalue weighted by atomic mass is 9.94. The first kappa shape index (κ1) is 19.2. The van der Waals surface area contributed by atoms with Crippen LogP contribution in [0.4, 0.5) is 4.39 Å². The number of aromatic amines is 2. The molecule has 0 saturated carbocycles. The first-order chi connectivity index (χ1) is 15.7. The van der Waals surface area contributed by atoms with Crippen LogP contribution in [0.15, 0.2) is 54.6 Å². The molecule has 1 aliphatic rings. The van der Waals surface area contributed by atoms with Crippen molar-refractivity contribution in [1.29, 1.82) is 0 Å². The van der Waals surface area contributed by atoms with Crippen LogP contribution in [0, 0.1) is 12.7 Å². The molecule has 0 amide bonds. The Kier molecular flexibility index (Phi) is 4.54. The summed E-state index contributed by atoms with van der Waals surface area (Å²) in [4.78, 5) is 8.52. The molecule has 160 valence electrons. The number of benzene rings is 2. The van der Waals surface area contributed by atoms with E-state index in [1.165, 1.54) is 0 Å². The van der Waals surface area contributed by atoms with Crippen molar-refractivity contribution in [1.82, 2.24) is 25.5 Å². The molecule has 0 spiro atoms. The number of aryl methyl sites for hydroxylation is 1. The van der Waals surface area contributed by atoms with Crippen molar-refractivity contribution in [2.75, 3.05) is 13.1 Å². The largest absolute Gasteiger partial charge is 0.353 e. The molecule has 6 rings (SSSR count). The summed E-state index contributed by atoms with van der Waals surface area (Å²) in [6.45, 7) is 3.98. The molecule has 1 aliphatic heterocycles. The number of fused-ring (bicyclic) bond motifs is 2. The Hall–Kier alpha value is -3.51. The van der Waals surface area contributed by atoms with Gasteiger partial charge >= 0.3 is 0 Å². The van der Waals surface area contributed by atoms with Gasteiger partial charge in [0.05, 0.1) is 11.2 Å². The highest BCUT2D eigenvalue weighted by Crippen LogP contribution is 2.35. The van der Waals surface area contributed by atoms with Crippen LogP contribution in [-0.2, 0) is 0 Å². The zero-order valence-electron chi connectivity index (χ0n) is 17.9. The van der Waals surface area contributed by atoms with E-state index < -0.39 is 0 Å². The van der Waals surface area contributed by atoms with E-state index in [-0.39, 0.29) is 5.82 Å². The number of nitrogens with one attached hydrogen (secondary N) is 3. The minimum atomic E-state index is -0.222. The van der Waals surface area contributed by atoms with E-state index in [0.29, 0.717) is 5.92 Å². The SMILES string of the molecule is Cc1cc(F)cc(-c2cccc3[nH]c(-c4n[nH]c5ccc(C6CCNCC6)nc45)cc23)c1. The number of piperidine rings is 1. The zero-order valence-corrected chi connectivity index (χ0v) is 17.9. The second kappa shape index (κ2) is 7.57. The smallest absolute Gasteiger partial charge is 0.135 e. The summed E-state index contributed by atoms with van der Waals surface area (Å²) in [5, 5.41) is 12.2. The Balaban J connectivity index is 1.47. The number of nitrogens with zero attached hydrogens (tertiary/aromatic N) is 2. The maximum absolute atomic E-state index is 14.1. The Morgan fingerprint density at radius 2 is 1.84 bits per heavy atom. The molecule has 0 unspecified atom stereocenters. The summed E-state index contributed by atoms with van der Waals surface area (Å²) >= 11 is 0. The van der Waals surface area contributed by atoms with E-state index >= 15 is 0 Å². The molecule has 1 fully saturated rings. The predicted octanol–water partition coefficient (Wildman–Crippen LogP) is 5.69. The molecular weight excluding hydrogens is 401 g/mol. The molecule has 0 aliphatic carbocycles. The molecule has 4 heterocycles. The summed E-state index contributed by atoms with van der Waals surface area (Å²) in [7, 11) is 0. The minimum absolute atomic E-state index is 0.222. The third kappa shape index (κ3) is 3.28. The lowest BCUT2D eigenvalue weighted by Crippen LogP contribution is -2.27. The van der Waals surface area contributed by atoms with Gasteiger partial charge in [0.25, 0.3) is 0 Å². The molecular formula is C26H24FN5. The van der Waals surface area contributed by atoms with E-state index in [4.69, 9.17) is 4.98 Å². The van der Waals surface area contributed by atoms with Gasteiger partial charge in [-0.2, -0.15) is 5.10 Å². The lowest BCUT2D eigenvalue weighted by molar-refractivity contribution is 0.454. The predicted molar refractivity (Wildman–Crippen MR) is 126 cm³/mol. The fourth-order valence-corrected chi connectivity index (χ4v) is 4.87. The van der Waals surface area contributed by atoms with Gasteiger partial charge in [-0.1, -0.05) is 18.2 Å². The van der Waals surface area contributed by atoms with Gasteiger partial charge in [-0.05, 0) is 85.9 Å². The molecule has 0 bridgehead atoms. The van der Waals surface area contributed by atoms with E-state index in [0.717, 1.165) is 81.6 Å². The standard InChI is InChI=1S/C26H24FN5/c1-15-11-17(13-18(27)12-15)19-3-2-4-22-20(19)14-24(29-22)26-25-23(31-32-26)6-5-21(30-25)16-7-9-28-10-8-16/h2-6,11-14,16,28-29H,7-10H2,1H3,(H,31,32). The number of pyridine rings is 1. The van der Waals surface area contributed by atoms with Crippen LogP contribution in [0.3, 0.4) is 0 Å². The Labute approximate surface area is 185 Å². The van der Waals surface area contributed by atoms with Crippen LogP contribution >= 0.6 is 0 Å². The number of halogens is 1. The summed E-state index contributed by atoms with van der Waals surface area (Å²) in [6, 6.07) is 17.5. The normalized spacial score (nSPS) is 15.1. The lowest BCUT2D eigenvalue weighted by Gasteiger charge is -2.22. The van der Waals surface area contributed by atoms with Crippen LogP contribution < -0.4 is 5.32 Å². The molecule has 3 N–H and O–H groups in total. The summed E-state index contributed by atoms with van der Waals surface area (Å²) in [5.74, 6) is 0.259. The zero-order chi connectivity index (χ0) is 21.7. The topological polar surface area (TPSA) is 69.4 Å². The summed E-state index contributed by atoms with van der Waals surface area (Å²) in [5.41, 5.74) is 8.43. The van der Waals surface area contributed by atoms with E-state index in [1.54, 1.807) is 12.1 Å². The molecule has 3 aromatic heterocycles. The molecule has 5 aromatic rings. The van der Waals surface area contributed by atoms with Gasteiger partial charge in [0, 0.05) is 22.5 Å². The third-order valence-corrected chi connectivity index (χ3v) is 6.46. The summed E-state index contributed by atoms with van der Waals surface area (Å²) in [6.07, 6.45) is 2.21. The van der Waals surface area contributed by atoms with E-state index in [1.807, 2.05) is 31.2 Å². The monoisotopic (exact) mass is 425 g/mol. The molecule has 1 saturated heterocycles. The van der Waals surface area contributed by atoms with Crippen molar-refractivity contribution in [3.8, 4) is 22.5 Å². The Bertz CT molecular complexity index is 1420. The number of rotatable bonds is 3. The van der Waals surface area contributed by atoms with Crippen molar-refractivity contribution in [2.45, 2.75) is 25.7 Å². The van der Waals surface area contributed by atoms with E-state index in [2.05, 4.69) is 38.7 Å². The van der Waals surface area contributed by atoms with Gasteiger partial charge in [-0.3, -0.25) is 5.10 Å². The van der Waals surface area contributed by atoms with Crippen LogP contribution in [0.25, 0.3) is 44.5 Å². The second-order valence-electron chi connectivity index (χ2n) is 8.70. The summed E-state index contributed by atoms with van der Waals surface area (Å²) < 4.78 is 14.1. The second-order valence-corrected chi connectivity index (χ2v) is 8.70. The Morgan fingerprint density at radius 3 is 2.69 bits per heavy atom. The molecule has 6 heteroatoms. The first-order valence-corrected chi connectivity index (χ1v) is 11.1. The molecule has 2 aromatic carbocycles. The number of aromatic nitrogens is 4. The fourth-order valence-electron chi connectivity index (χ4n) is 4.87. The average Bonchev–Trinajstić information content (AvgIpc) is 3.42. The number of H-pyrrole nitrogens is 2. The highest BCUT2D eigenvalue weighted by molar-refractivity contribution is 6.00. The highest BCUT2D eigenvalue weighted by atomic mass is 19.1. The van der Waals surface area contributed by atoms with E-state index in [9.17, 15) is 4.39 Å². The van der Waals surface area contributed by atoms with Crippen molar-refractivity contribution in [2.24, 2.45) is 0 Å².